The Morgan fingerprint density at radius 2 is 2.33 bits per heavy atom. The minimum Gasteiger partial charge on any atom is -0.239 e. The second kappa shape index (κ2) is 3.73. The fourth-order valence-electron chi connectivity index (χ4n) is 1.49. The van der Waals surface area contributed by atoms with Crippen LogP contribution in [-0.4, -0.2) is 22.5 Å². The molecule has 1 radical (unpaired) electrons. The molecule has 12 heavy (non-hydrogen) atoms. The number of aromatic nitrogens is 1. The van der Waals surface area contributed by atoms with Gasteiger partial charge in [-0.05, 0) is 24.6 Å². The molecule has 0 bridgehead atoms. The highest BCUT2D eigenvalue weighted by molar-refractivity contribution is 7.09. The van der Waals surface area contributed by atoms with Crippen molar-refractivity contribution in [3.8, 4) is 0 Å². The average Bonchev–Trinajstić information content (AvgIpc) is 2.58. The molecule has 0 amide bonds. The van der Waals surface area contributed by atoms with E-state index in [9.17, 15) is 0 Å². The molecule has 2 rings (SSSR count). The van der Waals surface area contributed by atoms with Gasteiger partial charge >= 0.3 is 0 Å². The first-order valence-corrected chi connectivity index (χ1v) is 5.30. The van der Waals surface area contributed by atoms with E-state index in [1.165, 1.54) is 5.01 Å². The lowest BCUT2D eigenvalue weighted by molar-refractivity contribution is 0.335. The lowest BCUT2D eigenvalue weighted by atomic mass is 9.99. The molecule has 1 aromatic rings. The summed E-state index contributed by atoms with van der Waals surface area (Å²) < 4.78 is 1.85. The van der Waals surface area contributed by atoms with Crippen LogP contribution in [0.15, 0.2) is 5.38 Å². The first-order chi connectivity index (χ1) is 5.86. The zero-order valence-corrected chi connectivity index (χ0v) is 8.24. The van der Waals surface area contributed by atoms with Gasteiger partial charge in [0, 0.05) is 24.4 Å². The fraction of sp³-hybridized carbons (Fsp3) is 0.625. The number of halogens is 1. The molecule has 2 nitrogen and oxygen atoms in total. The Balaban J connectivity index is 1.99. The van der Waals surface area contributed by atoms with Crippen LogP contribution in [-0.2, 0) is 0 Å². The van der Waals surface area contributed by atoms with Crippen LogP contribution in [0.3, 0.4) is 0 Å². The standard InChI is InChI=1S/C8H10ClN2S/c9-11-4-1-7(2-5-11)8-10-3-6-12-8/h6-7H,1-2,4-5H2. The van der Waals surface area contributed by atoms with E-state index in [4.69, 9.17) is 11.8 Å². The van der Waals surface area contributed by atoms with Crippen molar-refractivity contribution in [2.75, 3.05) is 13.1 Å². The molecule has 1 fully saturated rings. The van der Waals surface area contributed by atoms with E-state index in [-0.39, 0.29) is 0 Å². The summed E-state index contributed by atoms with van der Waals surface area (Å²) in [6.45, 7) is 1.96. The first-order valence-electron chi connectivity index (χ1n) is 4.08. The van der Waals surface area contributed by atoms with Gasteiger partial charge < -0.3 is 0 Å². The molecule has 0 saturated carbocycles. The SMILES string of the molecule is ClN1CCC(c2n[c]cs2)CC1. The number of thiazole rings is 1. The molecule has 1 aromatic heterocycles. The minimum absolute atomic E-state index is 0.622. The van der Waals surface area contributed by atoms with Crippen molar-refractivity contribution in [1.29, 1.82) is 0 Å². The lowest BCUT2D eigenvalue weighted by Gasteiger charge is -2.25. The van der Waals surface area contributed by atoms with Crippen molar-refractivity contribution in [2.45, 2.75) is 18.8 Å². The Morgan fingerprint density at radius 3 is 2.92 bits per heavy atom. The average molecular weight is 202 g/mol. The normalized spacial score (nSPS) is 21.4. The van der Waals surface area contributed by atoms with E-state index in [2.05, 4.69) is 11.2 Å². The molecule has 0 aromatic carbocycles. The van der Waals surface area contributed by atoms with Gasteiger partial charge in [-0.25, -0.2) is 9.40 Å². The highest BCUT2D eigenvalue weighted by atomic mass is 35.5. The Kier molecular flexibility index (Phi) is 2.63. The second-order valence-corrected chi connectivity index (χ2v) is 4.37. The van der Waals surface area contributed by atoms with Crippen molar-refractivity contribution in [1.82, 2.24) is 9.40 Å². The summed E-state index contributed by atoms with van der Waals surface area (Å²) in [5, 5.41) is 3.14. The number of hydrogen-bond donors (Lipinski definition) is 0. The van der Waals surface area contributed by atoms with E-state index >= 15 is 0 Å². The molecule has 0 unspecified atom stereocenters. The van der Waals surface area contributed by atoms with Gasteiger partial charge in [0.05, 0.1) is 5.01 Å². The third-order valence-corrected chi connectivity index (χ3v) is 3.42. The van der Waals surface area contributed by atoms with Crippen LogP contribution in [0.1, 0.15) is 23.8 Å². The van der Waals surface area contributed by atoms with Crippen LogP contribution < -0.4 is 0 Å². The molecule has 1 aliphatic heterocycles. The molecule has 65 valence electrons. The topological polar surface area (TPSA) is 16.1 Å². The second-order valence-electron chi connectivity index (χ2n) is 3.00. The van der Waals surface area contributed by atoms with E-state index in [0.717, 1.165) is 25.9 Å². The van der Waals surface area contributed by atoms with E-state index in [0.29, 0.717) is 5.92 Å². The predicted molar refractivity (Wildman–Crippen MR) is 50.4 cm³/mol. The van der Waals surface area contributed by atoms with E-state index in [1.807, 2.05) is 9.80 Å². The van der Waals surface area contributed by atoms with Crippen molar-refractivity contribution < 1.29 is 0 Å². The van der Waals surface area contributed by atoms with Crippen LogP contribution in [0.4, 0.5) is 0 Å². The third kappa shape index (κ3) is 1.79. The highest BCUT2D eigenvalue weighted by Crippen LogP contribution is 2.29. The largest absolute Gasteiger partial charge is 0.239 e. The van der Waals surface area contributed by atoms with Crippen molar-refractivity contribution >= 4 is 23.1 Å². The summed E-state index contributed by atoms with van der Waals surface area (Å²) in [6.07, 6.45) is 5.12. The summed E-state index contributed by atoms with van der Waals surface area (Å²) in [5.41, 5.74) is 0. The van der Waals surface area contributed by atoms with Gasteiger partial charge in [0.15, 0.2) is 0 Å². The number of piperidine rings is 1. The van der Waals surface area contributed by atoms with E-state index < -0.39 is 0 Å². The third-order valence-electron chi connectivity index (χ3n) is 2.20. The minimum atomic E-state index is 0.622. The van der Waals surface area contributed by atoms with Crippen LogP contribution in [0.2, 0.25) is 0 Å². The van der Waals surface area contributed by atoms with Crippen LogP contribution >= 0.6 is 23.1 Å². The Labute approximate surface area is 81.3 Å². The number of hydrogen-bond acceptors (Lipinski definition) is 3. The molecule has 4 heteroatoms. The van der Waals surface area contributed by atoms with Gasteiger partial charge in [-0.15, -0.1) is 11.3 Å². The van der Waals surface area contributed by atoms with Gasteiger partial charge in [0.1, 0.15) is 6.20 Å². The molecule has 1 saturated heterocycles. The molecule has 0 aliphatic carbocycles. The molecule has 0 spiro atoms. The van der Waals surface area contributed by atoms with Gasteiger partial charge in [-0.1, -0.05) is 0 Å². The first kappa shape index (κ1) is 8.48. The lowest BCUT2D eigenvalue weighted by Crippen LogP contribution is -2.25. The summed E-state index contributed by atoms with van der Waals surface area (Å²) in [5.74, 6) is 0.622. The van der Waals surface area contributed by atoms with Gasteiger partial charge in [0.2, 0.25) is 0 Å². The Bertz CT molecular complexity index is 229. The monoisotopic (exact) mass is 201 g/mol. The van der Waals surface area contributed by atoms with E-state index in [1.54, 1.807) is 11.3 Å². The molecule has 0 atom stereocenters. The van der Waals surface area contributed by atoms with Crippen LogP contribution in [0, 0.1) is 6.20 Å². The molecule has 0 N–H and O–H groups in total. The summed E-state index contributed by atoms with van der Waals surface area (Å²) in [4.78, 5) is 4.20. The predicted octanol–water partition coefficient (Wildman–Crippen LogP) is 2.28. The molecular weight excluding hydrogens is 192 g/mol. The Hall–Kier alpha value is -0.120. The van der Waals surface area contributed by atoms with Crippen molar-refractivity contribution in [3.63, 3.8) is 0 Å². The van der Waals surface area contributed by atoms with Crippen LogP contribution in [0.25, 0.3) is 0 Å². The highest BCUT2D eigenvalue weighted by Gasteiger charge is 2.20. The maximum atomic E-state index is 5.85. The Morgan fingerprint density at radius 1 is 1.58 bits per heavy atom. The molecule has 2 heterocycles. The quantitative estimate of drug-likeness (QED) is 0.649. The van der Waals surface area contributed by atoms with Crippen LogP contribution in [0.5, 0.6) is 0 Å². The number of nitrogens with zero attached hydrogens (tertiary/aromatic N) is 2. The summed E-state index contributed by atoms with van der Waals surface area (Å²) >= 11 is 7.55. The van der Waals surface area contributed by atoms with Gasteiger partial charge in [-0.2, -0.15) is 0 Å². The number of rotatable bonds is 1. The zero-order chi connectivity index (χ0) is 8.39. The van der Waals surface area contributed by atoms with Crippen molar-refractivity contribution in [3.05, 3.63) is 16.6 Å². The fourth-order valence-corrected chi connectivity index (χ4v) is 2.44. The summed E-state index contributed by atoms with van der Waals surface area (Å²) in [6, 6.07) is 0. The molecule has 1 aliphatic rings. The van der Waals surface area contributed by atoms with Gasteiger partial charge in [0.25, 0.3) is 0 Å². The maximum Gasteiger partial charge on any atom is 0.101 e. The maximum absolute atomic E-state index is 5.85. The summed E-state index contributed by atoms with van der Waals surface area (Å²) in [7, 11) is 0. The van der Waals surface area contributed by atoms with Crippen molar-refractivity contribution in [2.24, 2.45) is 0 Å². The smallest absolute Gasteiger partial charge is 0.101 e. The zero-order valence-electron chi connectivity index (χ0n) is 6.66. The van der Waals surface area contributed by atoms with Gasteiger partial charge in [-0.3, -0.25) is 0 Å². The molecular formula is C8H10ClN2S.